The fourth-order valence-electron chi connectivity index (χ4n) is 13.8. The van der Waals surface area contributed by atoms with Crippen molar-refractivity contribution in [2.24, 2.45) is 34.7 Å². The molecule has 20 nitrogen and oxygen atoms in total. The number of phenols is 3. The maximum Gasteiger partial charge on any atom is 0.312 e. The Morgan fingerprint density at radius 3 is 2.22 bits per heavy atom. The number of ketones is 2. The fourth-order valence-corrected chi connectivity index (χ4v) is 13.8. The van der Waals surface area contributed by atoms with Gasteiger partial charge in [0.05, 0.1) is 76.0 Å². The molecule has 2 aliphatic carbocycles. The molecule has 11 rings (SSSR count). The van der Waals surface area contributed by atoms with Crippen LogP contribution in [0.3, 0.4) is 0 Å². The first-order chi connectivity index (χ1) is 40.7. The molecule has 462 valence electrons. The molecule has 2 saturated heterocycles. The number of hydrazone groups is 1. The molecule has 2 aromatic carbocycles. The van der Waals surface area contributed by atoms with Gasteiger partial charge in [-0.3, -0.25) is 33.4 Å². The molecule has 7 heterocycles. The summed E-state index contributed by atoms with van der Waals surface area (Å²) in [5, 5.41) is 72.5. The number of amides is 1. The van der Waals surface area contributed by atoms with Crippen LogP contribution >= 0.6 is 0 Å². The number of rotatable bonds is 10. The number of aliphatic hydroxyl groups excluding tert-OH is 2. The number of carbonyl (C=O) groups is 4. The number of benzene rings is 2. The van der Waals surface area contributed by atoms with Gasteiger partial charge in [0.25, 0.3) is 17.2 Å². The second-order valence-electron chi connectivity index (χ2n) is 25.1. The molecule has 7 aliphatic rings. The summed E-state index contributed by atoms with van der Waals surface area (Å²) in [6, 6.07) is 1.84. The second-order valence-corrected chi connectivity index (χ2v) is 25.1. The Morgan fingerprint density at radius 2 is 1.58 bits per heavy atom. The van der Waals surface area contributed by atoms with Gasteiger partial charge in [-0.25, -0.2) is 4.39 Å². The molecule has 10 atom stereocenters. The van der Waals surface area contributed by atoms with Gasteiger partial charge in [0.1, 0.15) is 23.4 Å². The van der Waals surface area contributed by atoms with Crippen LogP contribution in [0.25, 0.3) is 16.3 Å². The number of aromatic nitrogens is 1. The molecule has 5 aliphatic heterocycles. The van der Waals surface area contributed by atoms with Crippen molar-refractivity contribution in [2.75, 3.05) is 43.5 Å². The number of aromatic hydroxyl groups is 3. The number of pyridine rings is 2. The first kappa shape index (κ1) is 61.7. The summed E-state index contributed by atoms with van der Waals surface area (Å²) in [5.74, 6) is -9.15. The molecule has 2 aromatic heterocycles. The maximum atomic E-state index is 16.3. The first-order valence-corrected chi connectivity index (χ1v) is 30.0. The van der Waals surface area contributed by atoms with E-state index in [1.807, 2.05) is 11.9 Å². The van der Waals surface area contributed by atoms with Crippen molar-refractivity contribution in [1.29, 1.82) is 0 Å². The number of aliphatic hydroxyl groups is 2. The van der Waals surface area contributed by atoms with Crippen molar-refractivity contribution in [2.45, 2.75) is 162 Å². The van der Waals surface area contributed by atoms with E-state index in [2.05, 4.69) is 15.5 Å². The number of nitrogens with one attached hydrogen (secondary N) is 2. The van der Waals surface area contributed by atoms with E-state index >= 15 is 4.39 Å². The highest BCUT2D eigenvalue weighted by Crippen LogP contribution is 2.56. The Labute approximate surface area is 499 Å². The number of piperidine rings is 1. The Morgan fingerprint density at radius 1 is 0.884 bits per heavy atom. The van der Waals surface area contributed by atoms with E-state index in [1.165, 1.54) is 77.0 Å². The van der Waals surface area contributed by atoms with Gasteiger partial charge >= 0.3 is 11.8 Å². The first-order valence-electron chi connectivity index (χ1n) is 30.0. The molecular weight excluding hydrogens is 1110 g/mol. The summed E-state index contributed by atoms with van der Waals surface area (Å²) in [4.78, 5) is 69.5. The minimum atomic E-state index is -2.10. The van der Waals surface area contributed by atoms with Gasteiger partial charge in [-0.05, 0) is 108 Å². The van der Waals surface area contributed by atoms with Gasteiger partial charge in [-0.2, -0.15) is 5.10 Å². The molecule has 7 N–H and O–H groups in total. The number of ether oxygens (including phenoxy) is 4. The van der Waals surface area contributed by atoms with Crippen LogP contribution in [0.1, 0.15) is 149 Å². The molecule has 1 amide bonds. The fraction of sp³-hybridized carbons (Fsp3) is 0.538. The standard InChI is InChI=1S/C65H81FN6O14/c1-31-13-12-14-32(2)62(81)68-51-45(28-67-71-24-18-42(19-25-71)69-65(21-22-65)41-17-23-70(29-41)53-34(4)52-44(40-15-16-40)27-43(38(8)73)63(82)72(52)30-46(53)66)57(78)48-49(58(51)79)56(77)37(7)60-50(48)61(80)64(10,86-60)84-26-20-47(83-11)33(3)59(85-39(9)74)36(6)55(76)35(5)54(31)75/h12-14,20,26-28,30-31,33,35-36,40-42,47,54-55,59,69,75-79H,15-19,21-25,29H2,1-11H3,(H,68,81)/b13-12+,26-20+,32-14-,67-28+/t31-,33+,35+,36+,41+,47-,54-,55+,59+,64-/m0/s1. The van der Waals surface area contributed by atoms with Crippen molar-refractivity contribution < 1.29 is 68.0 Å². The highest BCUT2D eigenvalue weighted by Gasteiger charge is 2.53. The lowest BCUT2D eigenvalue weighted by atomic mass is 9.78. The number of fused-ring (bicyclic) bond motifs is 15. The van der Waals surface area contributed by atoms with Crippen LogP contribution in [0.15, 0.2) is 58.3 Å². The quantitative estimate of drug-likeness (QED) is 0.0258. The number of Topliss-reactive ketones (excluding diaryl/α,β-unsaturated/α-hetero) is 2. The Bertz CT molecular complexity index is 3600. The van der Waals surface area contributed by atoms with Crippen LogP contribution in [-0.4, -0.2) is 140 Å². The van der Waals surface area contributed by atoms with Crippen LogP contribution in [-0.2, 0) is 23.8 Å². The number of halogens is 1. The summed E-state index contributed by atoms with van der Waals surface area (Å²) < 4.78 is 41.5. The van der Waals surface area contributed by atoms with E-state index in [1.54, 1.807) is 45.9 Å². The average molecular weight is 1190 g/mol. The number of methoxy groups -OCH3 is 1. The normalized spacial score (nSPS) is 29.7. The number of allylic oxidation sites excluding steroid dienone is 2. The maximum absolute atomic E-state index is 16.3. The third kappa shape index (κ3) is 11.2. The Hall–Kier alpha value is -7.33. The summed E-state index contributed by atoms with van der Waals surface area (Å²) in [7, 11) is 1.43. The number of hydrogen-bond acceptors (Lipinski definition) is 18. The average Bonchev–Trinajstić information content (AvgIpc) is 1.54. The lowest BCUT2D eigenvalue weighted by Gasteiger charge is -2.38. The second kappa shape index (κ2) is 23.7. The number of anilines is 2. The van der Waals surface area contributed by atoms with E-state index in [0.717, 1.165) is 37.7 Å². The van der Waals surface area contributed by atoms with Crippen molar-refractivity contribution in [3.8, 4) is 23.0 Å². The van der Waals surface area contributed by atoms with Crippen molar-refractivity contribution in [1.82, 2.24) is 14.7 Å². The molecule has 4 aromatic rings. The van der Waals surface area contributed by atoms with Gasteiger partial charge in [-0.15, -0.1) is 0 Å². The summed E-state index contributed by atoms with van der Waals surface area (Å²) in [6.45, 7) is 18.0. The molecule has 0 spiro atoms. The molecule has 0 radical (unpaired) electrons. The van der Waals surface area contributed by atoms with Crippen LogP contribution in [0, 0.1) is 49.3 Å². The predicted molar refractivity (Wildman–Crippen MR) is 322 cm³/mol. The van der Waals surface area contributed by atoms with E-state index in [0.29, 0.717) is 55.8 Å². The van der Waals surface area contributed by atoms with Gasteiger partial charge < -0.3 is 60.0 Å². The summed E-state index contributed by atoms with van der Waals surface area (Å²) >= 11 is 0. The van der Waals surface area contributed by atoms with E-state index < -0.39 is 100 Å². The molecule has 0 unspecified atom stereocenters. The van der Waals surface area contributed by atoms with Crippen LogP contribution in [0.2, 0.25) is 0 Å². The van der Waals surface area contributed by atoms with Gasteiger partial charge in [0.15, 0.2) is 17.3 Å². The minimum absolute atomic E-state index is 0.0267. The largest absolute Gasteiger partial charge is 0.507 e. The zero-order valence-electron chi connectivity index (χ0n) is 50.8. The zero-order valence-corrected chi connectivity index (χ0v) is 50.8. The number of phenolic OH excluding ortho intramolecular Hbond substituents is 3. The predicted octanol–water partition coefficient (Wildman–Crippen LogP) is 8.34. The van der Waals surface area contributed by atoms with Crippen molar-refractivity contribution >= 4 is 57.3 Å². The van der Waals surface area contributed by atoms with E-state index in [-0.39, 0.29) is 79.2 Å². The molecule has 4 fully saturated rings. The Balaban J connectivity index is 0.922. The highest BCUT2D eigenvalue weighted by atomic mass is 19.1. The number of esters is 1. The van der Waals surface area contributed by atoms with Crippen LogP contribution in [0.5, 0.6) is 23.0 Å². The zero-order chi connectivity index (χ0) is 62.2. The lowest BCUT2D eigenvalue weighted by molar-refractivity contribution is -0.160. The number of carbonyl (C=O) groups excluding carboxylic acids is 4. The molecule has 2 saturated carbocycles. The van der Waals surface area contributed by atoms with Crippen LogP contribution in [0.4, 0.5) is 15.8 Å². The summed E-state index contributed by atoms with van der Waals surface area (Å²) in [6.07, 6.45) is 12.0. The number of hydrogen-bond donors (Lipinski definition) is 7. The van der Waals surface area contributed by atoms with Gasteiger partial charge in [0.2, 0.25) is 0 Å². The SMILES string of the molecule is CO[C@H]1/C=C/O[C@@]2(C)Oc3c(C)c(O)c4c(O)c(c(/C=N/N5CCC(NC6([C@@H]7CCN(c8c(F)cn9c(=O)c(C(C)=O)cc(C%10CC%10)c9c8C)C7)CC6)CC5)c(O)c4c3C2=O)NC(=O)/C(C)=C\C=C\[C@H](C)[C@H](O)[C@@H](C)[C@@H](O)[C@@H](C)[C@H](OC(C)=O)[C@@H]1C. The van der Waals surface area contributed by atoms with Crippen LogP contribution < -0.4 is 25.8 Å². The van der Waals surface area contributed by atoms with Gasteiger partial charge in [-0.1, -0.05) is 45.9 Å². The van der Waals surface area contributed by atoms with Gasteiger partial charge in [0, 0.05) is 98.9 Å². The Kier molecular flexibility index (Phi) is 17.0. The minimum Gasteiger partial charge on any atom is -0.507 e. The smallest absolute Gasteiger partial charge is 0.312 e. The molecule has 5 bridgehead atoms. The highest BCUT2D eigenvalue weighted by molar-refractivity contribution is 6.24. The lowest BCUT2D eigenvalue weighted by Crippen LogP contribution is -2.49. The van der Waals surface area contributed by atoms with Crippen molar-refractivity contribution in [3.05, 3.63) is 98.0 Å². The molecule has 21 heteroatoms. The van der Waals surface area contributed by atoms with E-state index in [4.69, 9.17) is 24.0 Å². The van der Waals surface area contributed by atoms with E-state index in [9.17, 15) is 49.5 Å². The van der Waals surface area contributed by atoms with Crippen molar-refractivity contribution in [3.63, 3.8) is 0 Å². The monoisotopic (exact) mass is 1190 g/mol. The number of aryl methyl sites for hydroxylation is 1. The topological polar surface area (TPSA) is 271 Å². The number of nitrogens with zero attached hydrogens (tertiary/aromatic N) is 4. The summed E-state index contributed by atoms with van der Waals surface area (Å²) in [5.41, 5.74) is 1.69. The molecular formula is C65H81FN6O14. The third-order valence-corrected chi connectivity index (χ3v) is 19.3. The third-order valence-electron chi connectivity index (χ3n) is 19.3. The molecule has 86 heavy (non-hydrogen) atoms.